The third-order valence-corrected chi connectivity index (χ3v) is 5.54. The number of piperazine rings is 1. The van der Waals surface area contributed by atoms with E-state index >= 15 is 0 Å². The average molecular weight is 392 g/mol. The third kappa shape index (κ3) is 3.80. The van der Waals surface area contributed by atoms with Crippen LogP contribution in [-0.4, -0.2) is 48.8 Å². The molecule has 3 aliphatic rings. The van der Waals surface area contributed by atoms with E-state index in [1.807, 2.05) is 44.2 Å². The van der Waals surface area contributed by atoms with Gasteiger partial charge in [-0.3, -0.25) is 9.79 Å². The SMILES string of the molecule is CC(=Nc1cc(N2CCN(C)CC2)c(F)cc1C)c1c2cccccc-2[nH]c1=O. The maximum atomic E-state index is 14.7. The molecule has 4 rings (SSSR count). The van der Waals surface area contributed by atoms with E-state index in [0.29, 0.717) is 22.6 Å². The quantitative estimate of drug-likeness (QED) is 0.690. The number of aromatic nitrogens is 1. The Hall–Kier alpha value is -2.99. The van der Waals surface area contributed by atoms with Gasteiger partial charge in [0.15, 0.2) is 0 Å². The van der Waals surface area contributed by atoms with E-state index in [-0.39, 0.29) is 11.4 Å². The number of benzene rings is 1. The maximum absolute atomic E-state index is 14.7. The molecule has 5 nitrogen and oxygen atoms in total. The molecule has 1 aromatic rings. The predicted octanol–water partition coefficient (Wildman–Crippen LogP) is 3.82. The van der Waals surface area contributed by atoms with Crippen LogP contribution in [0.4, 0.5) is 15.8 Å². The molecule has 29 heavy (non-hydrogen) atoms. The van der Waals surface area contributed by atoms with Crippen LogP contribution in [-0.2, 0) is 0 Å². The smallest absolute Gasteiger partial charge is 0.258 e. The fraction of sp³-hybridized carbons (Fsp3) is 0.304. The number of aromatic amines is 1. The third-order valence-electron chi connectivity index (χ3n) is 5.54. The molecule has 1 N–H and O–H groups in total. The fourth-order valence-corrected chi connectivity index (χ4v) is 3.84. The highest BCUT2D eigenvalue weighted by Crippen LogP contribution is 2.31. The molecule has 1 saturated heterocycles. The van der Waals surface area contributed by atoms with Crippen LogP contribution < -0.4 is 10.5 Å². The lowest BCUT2D eigenvalue weighted by atomic mass is 10.1. The average Bonchev–Trinajstić information content (AvgIpc) is 2.84. The van der Waals surface area contributed by atoms with Crippen molar-refractivity contribution >= 4 is 17.1 Å². The van der Waals surface area contributed by atoms with Crippen molar-refractivity contribution in [2.24, 2.45) is 4.99 Å². The van der Waals surface area contributed by atoms with Gasteiger partial charge in [-0.2, -0.15) is 0 Å². The molecule has 2 aliphatic heterocycles. The number of halogens is 1. The Balaban J connectivity index is 1.75. The van der Waals surface area contributed by atoms with Crippen molar-refractivity contribution in [1.29, 1.82) is 0 Å². The topological polar surface area (TPSA) is 51.7 Å². The molecular weight excluding hydrogens is 367 g/mol. The number of nitrogens with one attached hydrogen (secondary N) is 1. The number of hydrogen-bond acceptors (Lipinski definition) is 4. The van der Waals surface area contributed by atoms with Gasteiger partial charge in [-0.1, -0.05) is 24.3 Å². The van der Waals surface area contributed by atoms with Crippen molar-refractivity contribution in [2.45, 2.75) is 13.8 Å². The van der Waals surface area contributed by atoms with Gasteiger partial charge in [0, 0.05) is 37.4 Å². The summed E-state index contributed by atoms with van der Waals surface area (Å²) in [6.45, 7) is 7.03. The Morgan fingerprint density at radius 1 is 1.10 bits per heavy atom. The molecule has 0 unspecified atom stereocenters. The van der Waals surface area contributed by atoms with Crippen LogP contribution in [0.25, 0.3) is 11.3 Å². The van der Waals surface area contributed by atoms with Gasteiger partial charge in [0.25, 0.3) is 5.56 Å². The predicted molar refractivity (Wildman–Crippen MR) is 116 cm³/mol. The van der Waals surface area contributed by atoms with Crippen LogP contribution in [0.5, 0.6) is 0 Å². The molecule has 0 radical (unpaired) electrons. The van der Waals surface area contributed by atoms with Crippen molar-refractivity contribution in [1.82, 2.24) is 9.88 Å². The van der Waals surface area contributed by atoms with Crippen molar-refractivity contribution in [3.63, 3.8) is 0 Å². The molecule has 1 aromatic carbocycles. The van der Waals surface area contributed by atoms with Gasteiger partial charge >= 0.3 is 0 Å². The van der Waals surface area contributed by atoms with Crippen LogP contribution in [0.3, 0.4) is 0 Å². The Morgan fingerprint density at radius 2 is 1.83 bits per heavy atom. The highest BCUT2D eigenvalue weighted by atomic mass is 19.1. The summed E-state index contributed by atoms with van der Waals surface area (Å²) in [7, 11) is 2.07. The van der Waals surface area contributed by atoms with Crippen LogP contribution in [0, 0.1) is 12.7 Å². The number of fused-ring (bicyclic) bond motifs is 1. The fourth-order valence-electron chi connectivity index (χ4n) is 3.84. The molecule has 6 heteroatoms. The monoisotopic (exact) mass is 392 g/mol. The normalized spacial score (nSPS) is 15.9. The van der Waals surface area contributed by atoms with E-state index < -0.39 is 0 Å². The van der Waals surface area contributed by atoms with Crippen molar-refractivity contribution in [3.8, 4) is 11.3 Å². The van der Waals surface area contributed by atoms with Gasteiger partial charge in [0.05, 0.1) is 22.6 Å². The van der Waals surface area contributed by atoms with Gasteiger partial charge < -0.3 is 14.8 Å². The second-order valence-electron chi connectivity index (χ2n) is 7.64. The minimum atomic E-state index is -0.229. The van der Waals surface area contributed by atoms with Gasteiger partial charge in [-0.05, 0) is 44.7 Å². The highest BCUT2D eigenvalue weighted by molar-refractivity contribution is 6.05. The van der Waals surface area contributed by atoms with Crippen molar-refractivity contribution in [2.75, 3.05) is 38.1 Å². The zero-order chi connectivity index (χ0) is 20.5. The van der Waals surface area contributed by atoms with Gasteiger partial charge in [-0.25, -0.2) is 4.39 Å². The molecule has 0 spiro atoms. The molecular formula is C23H25FN4O. The number of H-pyrrole nitrogens is 1. The first-order chi connectivity index (χ1) is 13.9. The Bertz CT molecular complexity index is 1100. The van der Waals surface area contributed by atoms with E-state index in [2.05, 4.69) is 21.8 Å². The van der Waals surface area contributed by atoms with Gasteiger partial charge in [0.1, 0.15) is 5.82 Å². The summed E-state index contributed by atoms with van der Waals surface area (Å²) in [6.07, 6.45) is 0. The number of anilines is 1. The molecule has 1 fully saturated rings. The van der Waals surface area contributed by atoms with Crippen LogP contribution in [0.1, 0.15) is 18.1 Å². The van der Waals surface area contributed by atoms with E-state index in [9.17, 15) is 9.18 Å². The van der Waals surface area contributed by atoms with E-state index in [4.69, 9.17) is 4.99 Å². The Morgan fingerprint density at radius 3 is 2.59 bits per heavy atom. The highest BCUT2D eigenvalue weighted by Gasteiger charge is 2.20. The lowest BCUT2D eigenvalue weighted by Gasteiger charge is -2.34. The largest absolute Gasteiger partial charge is 0.367 e. The molecule has 0 bridgehead atoms. The molecule has 1 aliphatic carbocycles. The second kappa shape index (κ2) is 7.79. The number of aliphatic imine (C=N–C) groups is 1. The first kappa shape index (κ1) is 19.3. The summed E-state index contributed by atoms with van der Waals surface area (Å²) in [5.74, 6) is -0.229. The molecule has 0 saturated carbocycles. The lowest BCUT2D eigenvalue weighted by molar-refractivity contribution is 0.311. The van der Waals surface area contributed by atoms with Gasteiger partial charge in [-0.15, -0.1) is 0 Å². The number of nitrogens with zero attached hydrogens (tertiary/aromatic N) is 3. The molecule has 0 aromatic heterocycles. The molecule has 2 heterocycles. The second-order valence-corrected chi connectivity index (χ2v) is 7.64. The Labute approximate surface area is 169 Å². The minimum Gasteiger partial charge on any atom is -0.367 e. The van der Waals surface area contributed by atoms with Crippen LogP contribution in [0.2, 0.25) is 0 Å². The van der Waals surface area contributed by atoms with E-state index in [1.165, 1.54) is 6.07 Å². The minimum absolute atomic E-state index is 0.161. The first-order valence-electron chi connectivity index (χ1n) is 9.84. The van der Waals surface area contributed by atoms with E-state index in [0.717, 1.165) is 43.0 Å². The zero-order valence-electron chi connectivity index (χ0n) is 17.0. The zero-order valence-corrected chi connectivity index (χ0v) is 17.0. The molecule has 0 atom stereocenters. The number of hydrogen-bond donors (Lipinski definition) is 1. The summed E-state index contributed by atoms with van der Waals surface area (Å²) in [5, 5.41) is 0. The summed E-state index contributed by atoms with van der Waals surface area (Å²) < 4.78 is 14.7. The molecule has 0 amide bonds. The Kier molecular flexibility index (Phi) is 5.20. The summed E-state index contributed by atoms with van der Waals surface area (Å²) >= 11 is 0. The van der Waals surface area contributed by atoms with Gasteiger partial charge in [0.2, 0.25) is 0 Å². The number of likely N-dealkylation sites (N-methyl/N-ethyl adjacent to an activating group) is 1. The summed E-state index contributed by atoms with van der Waals surface area (Å²) in [5.41, 5.74) is 4.63. The maximum Gasteiger partial charge on any atom is 0.258 e. The lowest BCUT2D eigenvalue weighted by Crippen LogP contribution is -2.44. The van der Waals surface area contributed by atoms with Crippen LogP contribution in [0.15, 0.2) is 52.3 Å². The number of rotatable bonds is 3. The summed E-state index contributed by atoms with van der Waals surface area (Å²) in [6, 6.07) is 12.8. The van der Waals surface area contributed by atoms with Crippen molar-refractivity contribution in [3.05, 3.63) is 69.8 Å². The van der Waals surface area contributed by atoms with Crippen molar-refractivity contribution < 1.29 is 4.39 Å². The standard InChI is InChI=1S/C23H25FN4O/c1-15-13-18(24)21(28-11-9-27(3)10-12-28)14-20(15)25-16(2)22-17-7-5-4-6-8-19(17)26-23(22)29/h4-8,13-14H,9-12H2,1-3H3,(H,26,29). The molecule has 150 valence electrons. The summed E-state index contributed by atoms with van der Waals surface area (Å²) in [4.78, 5) is 24.5. The first-order valence-corrected chi connectivity index (χ1v) is 9.84. The number of aryl methyl sites for hydroxylation is 1. The van der Waals surface area contributed by atoms with E-state index in [1.54, 1.807) is 6.07 Å². The van der Waals surface area contributed by atoms with Crippen LogP contribution >= 0.6 is 0 Å².